The highest BCUT2D eigenvalue weighted by atomic mass is 32.1. The highest BCUT2D eigenvalue weighted by Gasteiger charge is 2.25. The van der Waals surface area contributed by atoms with Gasteiger partial charge in [-0.25, -0.2) is 0 Å². The Morgan fingerprint density at radius 1 is 1.35 bits per heavy atom. The highest BCUT2D eigenvalue weighted by Crippen LogP contribution is 2.37. The van der Waals surface area contributed by atoms with Crippen LogP contribution in [0.2, 0.25) is 0 Å². The van der Waals surface area contributed by atoms with Crippen molar-refractivity contribution < 1.29 is 9.47 Å². The number of hydrogen-bond donors (Lipinski definition) is 1. The molecule has 0 aromatic carbocycles. The van der Waals surface area contributed by atoms with Crippen LogP contribution in [0.25, 0.3) is 0 Å². The first-order valence-electron chi connectivity index (χ1n) is 6.63. The van der Waals surface area contributed by atoms with Crippen molar-refractivity contribution in [2.75, 3.05) is 20.8 Å². The number of aryl methyl sites for hydroxylation is 1. The van der Waals surface area contributed by atoms with Crippen molar-refractivity contribution in [2.24, 2.45) is 7.05 Å². The average molecular weight is 295 g/mol. The Balaban J connectivity index is 2.44. The molecule has 20 heavy (non-hydrogen) atoms. The van der Waals surface area contributed by atoms with Crippen LogP contribution in [0, 0.1) is 0 Å². The Hall–Kier alpha value is -1.53. The zero-order valence-corrected chi connectivity index (χ0v) is 13.2. The molecular weight excluding hydrogens is 274 g/mol. The van der Waals surface area contributed by atoms with Crippen LogP contribution >= 0.6 is 11.3 Å². The van der Waals surface area contributed by atoms with E-state index >= 15 is 0 Å². The lowest BCUT2D eigenvalue weighted by atomic mass is 10.1. The number of thiophene rings is 1. The van der Waals surface area contributed by atoms with E-state index in [1.54, 1.807) is 31.8 Å². The highest BCUT2D eigenvalue weighted by molar-refractivity contribution is 7.10. The van der Waals surface area contributed by atoms with Gasteiger partial charge in [0.1, 0.15) is 11.4 Å². The van der Waals surface area contributed by atoms with Gasteiger partial charge in [-0.15, -0.1) is 11.3 Å². The fourth-order valence-electron chi connectivity index (χ4n) is 2.20. The Bertz CT molecular complexity index is 550. The number of aromatic nitrogens is 2. The van der Waals surface area contributed by atoms with Crippen molar-refractivity contribution in [2.45, 2.75) is 19.4 Å². The third-order valence-electron chi connectivity index (χ3n) is 3.18. The van der Waals surface area contributed by atoms with Crippen LogP contribution in [0.15, 0.2) is 17.6 Å². The lowest BCUT2D eigenvalue weighted by Gasteiger charge is -2.20. The van der Waals surface area contributed by atoms with Crippen molar-refractivity contribution in [3.63, 3.8) is 0 Å². The summed E-state index contributed by atoms with van der Waals surface area (Å²) in [7, 11) is 5.30. The summed E-state index contributed by atoms with van der Waals surface area (Å²) < 4.78 is 12.7. The minimum atomic E-state index is 0.0207. The smallest absolute Gasteiger partial charge is 0.161 e. The Kier molecular flexibility index (Phi) is 5.03. The zero-order chi connectivity index (χ0) is 14.5. The SMILES string of the molecule is CCCNC(c1sccc1OC)c1c(OC)cnn1C. The molecule has 0 bridgehead atoms. The maximum atomic E-state index is 5.46. The minimum absolute atomic E-state index is 0.0207. The van der Waals surface area contributed by atoms with E-state index < -0.39 is 0 Å². The standard InChI is InChI=1S/C14H21N3O2S/c1-5-7-15-12(14-10(18-3)6-8-20-14)13-11(19-4)9-16-17(13)2/h6,8-9,12,15H,5,7H2,1-4H3. The molecule has 1 N–H and O–H groups in total. The predicted octanol–water partition coefficient (Wildman–Crippen LogP) is 2.59. The lowest BCUT2D eigenvalue weighted by molar-refractivity contribution is 0.392. The van der Waals surface area contributed by atoms with Gasteiger partial charge in [0.25, 0.3) is 0 Å². The fourth-order valence-corrected chi connectivity index (χ4v) is 3.14. The average Bonchev–Trinajstić information content (AvgIpc) is 3.07. The van der Waals surface area contributed by atoms with E-state index in [9.17, 15) is 0 Å². The van der Waals surface area contributed by atoms with Crippen LogP contribution in [0.3, 0.4) is 0 Å². The molecule has 1 unspecified atom stereocenters. The molecule has 1 atom stereocenters. The van der Waals surface area contributed by atoms with Crippen molar-refractivity contribution >= 4 is 11.3 Å². The molecule has 0 aliphatic rings. The van der Waals surface area contributed by atoms with E-state index in [0.717, 1.165) is 35.0 Å². The van der Waals surface area contributed by atoms with E-state index in [1.807, 2.05) is 23.2 Å². The largest absolute Gasteiger partial charge is 0.496 e. The second kappa shape index (κ2) is 6.76. The van der Waals surface area contributed by atoms with Crippen LogP contribution in [-0.4, -0.2) is 30.5 Å². The van der Waals surface area contributed by atoms with Crippen LogP contribution in [0.1, 0.15) is 30.0 Å². The first-order valence-corrected chi connectivity index (χ1v) is 7.51. The fraction of sp³-hybridized carbons (Fsp3) is 0.500. The van der Waals surface area contributed by atoms with E-state index in [-0.39, 0.29) is 6.04 Å². The topological polar surface area (TPSA) is 48.3 Å². The van der Waals surface area contributed by atoms with Gasteiger partial charge in [-0.05, 0) is 24.4 Å². The molecular formula is C14H21N3O2S. The summed E-state index contributed by atoms with van der Waals surface area (Å²) in [4.78, 5) is 1.14. The molecule has 110 valence electrons. The van der Waals surface area contributed by atoms with Crippen LogP contribution < -0.4 is 14.8 Å². The number of nitrogens with zero attached hydrogens (tertiary/aromatic N) is 2. The van der Waals surface area contributed by atoms with E-state index in [0.29, 0.717) is 0 Å². The van der Waals surface area contributed by atoms with Gasteiger partial charge in [0, 0.05) is 7.05 Å². The normalized spacial score (nSPS) is 12.4. The third-order valence-corrected chi connectivity index (χ3v) is 4.14. The van der Waals surface area contributed by atoms with Gasteiger partial charge in [0.05, 0.1) is 31.3 Å². The second-order valence-electron chi connectivity index (χ2n) is 4.46. The molecule has 0 saturated carbocycles. The van der Waals surface area contributed by atoms with E-state index in [1.165, 1.54) is 0 Å². The van der Waals surface area contributed by atoms with Gasteiger partial charge in [0.2, 0.25) is 0 Å². The van der Waals surface area contributed by atoms with Gasteiger partial charge in [-0.1, -0.05) is 6.92 Å². The van der Waals surface area contributed by atoms with Gasteiger partial charge in [0.15, 0.2) is 5.75 Å². The van der Waals surface area contributed by atoms with Crippen molar-refractivity contribution in [3.8, 4) is 11.5 Å². The maximum Gasteiger partial charge on any atom is 0.161 e. The van der Waals surface area contributed by atoms with Gasteiger partial charge in [-0.2, -0.15) is 5.10 Å². The Morgan fingerprint density at radius 3 is 2.75 bits per heavy atom. The first kappa shape index (κ1) is 14.9. The molecule has 0 radical (unpaired) electrons. The molecule has 2 aromatic heterocycles. The Labute approximate surface area is 123 Å². The monoisotopic (exact) mass is 295 g/mol. The molecule has 0 amide bonds. The van der Waals surface area contributed by atoms with Gasteiger partial charge in [-0.3, -0.25) is 4.68 Å². The summed E-state index contributed by atoms with van der Waals surface area (Å²) in [5.41, 5.74) is 1.02. The van der Waals surface area contributed by atoms with Crippen LogP contribution in [0.4, 0.5) is 0 Å². The molecule has 2 heterocycles. The maximum absolute atomic E-state index is 5.46. The molecule has 2 rings (SSSR count). The summed E-state index contributed by atoms with van der Waals surface area (Å²) in [5, 5.41) is 9.89. The molecule has 6 heteroatoms. The van der Waals surface area contributed by atoms with Crippen LogP contribution in [0.5, 0.6) is 11.5 Å². The van der Waals surface area contributed by atoms with Gasteiger partial charge >= 0.3 is 0 Å². The molecule has 5 nitrogen and oxygen atoms in total. The number of ether oxygens (including phenoxy) is 2. The molecule has 0 aliphatic carbocycles. The zero-order valence-electron chi connectivity index (χ0n) is 12.3. The van der Waals surface area contributed by atoms with Gasteiger partial charge < -0.3 is 14.8 Å². The summed E-state index contributed by atoms with van der Waals surface area (Å²) >= 11 is 1.67. The summed E-state index contributed by atoms with van der Waals surface area (Å²) in [6.07, 6.45) is 2.81. The lowest BCUT2D eigenvalue weighted by Crippen LogP contribution is -2.25. The molecule has 0 fully saturated rings. The second-order valence-corrected chi connectivity index (χ2v) is 5.41. The summed E-state index contributed by atoms with van der Waals surface area (Å²) in [6, 6.07) is 2.01. The molecule has 0 spiro atoms. The summed E-state index contributed by atoms with van der Waals surface area (Å²) in [6.45, 7) is 3.07. The van der Waals surface area contributed by atoms with Crippen LogP contribution in [-0.2, 0) is 7.05 Å². The predicted molar refractivity (Wildman–Crippen MR) is 80.8 cm³/mol. The van der Waals surface area contributed by atoms with Crippen molar-refractivity contribution in [3.05, 3.63) is 28.2 Å². The first-order chi connectivity index (χ1) is 9.72. The quantitative estimate of drug-likeness (QED) is 0.853. The minimum Gasteiger partial charge on any atom is -0.496 e. The Morgan fingerprint density at radius 2 is 2.10 bits per heavy atom. The van der Waals surface area contributed by atoms with Crippen molar-refractivity contribution in [1.29, 1.82) is 0 Å². The summed E-state index contributed by atoms with van der Waals surface area (Å²) in [5.74, 6) is 1.68. The molecule has 2 aromatic rings. The third kappa shape index (κ3) is 2.81. The van der Waals surface area contributed by atoms with Crippen molar-refractivity contribution in [1.82, 2.24) is 15.1 Å². The number of hydrogen-bond acceptors (Lipinski definition) is 5. The molecule has 0 aliphatic heterocycles. The number of methoxy groups -OCH3 is 2. The molecule has 0 saturated heterocycles. The van der Waals surface area contributed by atoms with E-state index in [2.05, 4.69) is 17.3 Å². The number of rotatable bonds is 7. The number of nitrogens with one attached hydrogen (secondary N) is 1. The van der Waals surface area contributed by atoms with E-state index in [4.69, 9.17) is 9.47 Å².